The smallest absolute Gasteiger partial charge is 0.261 e. The van der Waals surface area contributed by atoms with E-state index in [1.165, 1.54) is 38.8 Å². The van der Waals surface area contributed by atoms with Gasteiger partial charge in [-0.3, -0.25) is 9.69 Å². The van der Waals surface area contributed by atoms with Crippen LogP contribution in [0.5, 0.6) is 5.75 Å². The van der Waals surface area contributed by atoms with Gasteiger partial charge in [-0.15, -0.1) is 11.3 Å². The number of hydrogen-bond donors (Lipinski definition) is 1. The quantitative estimate of drug-likeness (QED) is 0.931. The molecule has 3 saturated heterocycles. The van der Waals surface area contributed by atoms with Gasteiger partial charge in [0.2, 0.25) is 0 Å². The summed E-state index contributed by atoms with van der Waals surface area (Å²) in [7, 11) is 1.67. The van der Waals surface area contributed by atoms with E-state index >= 15 is 0 Å². The number of thiophene rings is 1. The molecular formula is C19H22N2O2S. The number of nitrogens with one attached hydrogen (secondary N) is 1. The van der Waals surface area contributed by atoms with Gasteiger partial charge in [-0.25, -0.2) is 0 Å². The number of rotatable bonds is 3. The predicted molar refractivity (Wildman–Crippen MR) is 95.9 cm³/mol. The molecular weight excluding hydrogens is 320 g/mol. The molecule has 5 heteroatoms. The van der Waals surface area contributed by atoms with Gasteiger partial charge in [-0.2, -0.15) is 0 Å². The van der Waals surface area contributed by atoms with Crippen LogP contribution in [0.15, 0.2) is 24.3 Å². The molecule has 2 bridgehead atoms. The third kappa shape index (κ3) is 2.11. The first-order valence-corrected chi connectivity index (χ1v) is 9.65. The fourth-order valence-electron chi connectivity index (χ4n) is 4.79. The predicted octanol–water partition coefficient (Wildman–Crippen LogP) is 3.27. The van der Waals surface area contributed by atoms with Crippen LogP contribution >= 0.6 is 11.3 Å². The van der Waals surface area contributed by atoms with Crippen molar-refractivity contribution in [2.75, 3.05) is 20.2 Å². The second-order valence-electron chi connectivity index (χ2n) is 7.39. The van der Waals surface area contributed by atoms with E-state index in [1.54, 1.807) is 18.4 Å². The van der Waals surface area contributed by atoms with Gasteiger partial charge in [0, 0.05) is 10.2 Å². The molecule has 0 radical (unpaired) electrons. The Morgan fingerprint density at radius 2 is 2.08 bits per heavy atom. The summed E-state index contributed by atoms with van der Waals surface area (Å²) in [5.41, 5.74) is 0.288. The third-order valence-electron chi connectivity index (χ3n) is 6.22. The Balaban J connectivity index is 1.40. The molecule has 1 atom stereocenters. The fraction of sp³-hybridized carbons (Fsp3) is 0.526. The summed E-state index contributed by atoms with van der Waals surface area (Å²) in [5.74, 6) is 1.60. The number of carbonyl (C=O) groups excluding carboxylic acids is 1. The lowest BCUT2D eigenvalue weighted by Crippen LogP contribution is -2.65. The second-order valence-corrected chi connectivity index (χ2v) is 8.48. The maximum absolute atomic E-state index is 12.9. The zero-order valence-corrected chi connectivity index (χ0v) is 14.7. The summed E-state index contributed by atoms with van der Waals surface area (Å²) in [6, 6.07) is 8.32. The summed E-state index contributed by atoms with van der Waals surface area (Å²) in [4.78, 5) is 16.3. The van der Waals surface area contributed by atoms with Gasteiger partial charge < -0.3 is 10.1 Å². The molecule has 0 unspecified atom stereocenters. The van der Waals surface area contributed by atoms with Crippen molar-refractivity contribution < 1.29 is 9.53 Å². The Morgan fingerprint density at radius 3 is 2.79 bits per heavy atom. The van der Waals surface area contributed by atoms with Crippen molar-refractivity contribution in [1.82, 2.24) is 10.2 Å². The van der Waals surface area contributed by atoms with E-state index in [2.05, 4.69) is 10.2 Å². The van der Waals surface area contributed by atoms with Crippen molar-refractivity contribution >= 4 is 27.3 Å². The largest absolute Gasteiger partial charge is 0.497 e. The highest BCUT2D eigenvalue weighted by Gasteiger charge is 2.60. The van der Waals surface area contributed by atoms with Crippen LogP contribution < -0.4 is 10.1 Å². The van der Waals surface area contributed by atoms with Crippen molar-refractivity contribution in [3.8, 4) is 5.75 Å². The highest BCUT2D eigenvalue weighted by atomic mass is 32.1. The number of ether oxygens (including phenoxy) is 1. The number of nitrogens with zero attached hydrogens (tertiary/aromatic N) is 1. The van der Waals surface area contributed by atoms with Crippen LogP contribution in [0.2, 0.25) is 0 Å². The van der Waals surface area contributed by atoms with Gasteiger partial charge in [-0.1, -0.05) is 0 Å². The second kappa shape index (κ2) is 5.20. The first kappa shape index (κ1) is 14.7. The van der Waals surface area contributed by atoms with Crippen LogP contribution in [0.1, 0.15) is 35.4 Å². The Labute approximate surface area is 145 Å². The van der Waals surface area contributed by atoms with Crippen LogP contribution in [-0.2, 0) is 0 Å². The van der Waals surface area contributed by atoms with Crippen molar-refractivity contribution in [2.45, 2.75) is 37.3 Å². The Bertz CT molecular complexity index is 803. The minimum atomic E-state index is 0.0974. The van der Waals surface area contributed by atoms with Gasteiger partial charge in [0.15, 0.2) is 0 Å². The molecule has 1 aromatic carbocycles. The molecule has 3 aliphatic heterocycles. The summed E-state index contributed by atoms with van der Waals surface area (Å²) in [5, 5.41) is 4.49. The van der Waals surface area contributed by atoms with Gasteiger partial charge in [-0.05, 0) is 74.3 Å². The maximum Gasteiger partial charge on any atom is 0.261 e. The summed E-state index contributed by atoms with van der Waals surface area (Å²) in [6.45, 7) is 2.44. The van der Waals surface area contributed by atoms with Crippen molar-refractivity contribution in [3.63, 3.8) is 0 Å². The molecule has 24 heavy (non-hydrogen) atoms. The summed E-state index contributed by atoms with van der Waals surface area (Å²) < 4.78 is 6.42. The molecule has 4 fully saturated rings. The standard InChI is InChI=1S/C19H22N2O2S/c1-23-14-2-3-15-13(10-14)11-16(24-15)18(22)20-17-12-4-8-21(9-5-12)19(17)6-7-19/h2-3,10-12,17H,4-9H2,1H3,(H,20,22)/t17-/m0/s1. The van der Waals surface area contributed by atoms with Crippen molar-refractivity contribution in [1.29, 1.82) is 0 Å². The summed E-state index contributed by atoms with van der Waals surface area (Å²) in [6.07, 6.45) is 4.96. The average Bonchev–Trinajstić information content (AvgIpc) is 3.27. The molecule has 1 saturated carbocycles. The zero-order chi connectivity index (χ0) is 16.3. The number of carbonyl (C=O) groups is 1. The lowest BCUT2D eigenvalue weighted by Gasteiger charge is -2.52. The normalized spacial score (nSPS) is 29.8. The van der Waals surface area contributed by atoms with E-state index in [0.717, 1.165) is 20.7 Å². The van der Waals surface area contributed by atoms with Crippen molar-refractivity contribution in [3.05, 3.63) is 29.1 Å². The van der Waals surface area contributed by atoms with E-state index < -0.39 is 0 Å². The van der Waals surface area contributed by atoms with E-state index in [0.29, 0.717) is 12.0 Å². The third-order valence-corrected chi connectivity index (χ3v) is 7.33. The Morgan fingerprint density at radius 1 is 1.29 bits per heavy atom. The molecule has 4 heterocycles. The molecule has 6 rings (SSSR count). The van der Waals surface area contributed by atoms with E-state index in [1.807, 2.05) is 24.3 Å². The van der Waals surface area contributed by atoms with Crippen LogP contribution in [0.3, 0.4) is 0 Å². The lowest BCUT2D eigenvalue weighted by molar-refractivity contribution is -0.00138. The average molecular weight is 342 g/mol. The highest BCUT2D eigenvalue weighted by Crippen LogP contribution is 2.53. The van der Waals surface area contributed by atoms with Crippen LogP contribution in [0.25, 0.3) is 10.1 Å². The lowest BCUT2D eigenvalue weighted by atomic mass is 9.77. The Kier molecular flexibility index (Phi) is 3.19. The van der Waals surface area contributed by atoms with Crippen molar-refractivity contribution in [2.24, 2.45) is 5.92 Å². The van der Waals surface area contributed by atoms with Crippen LogP contribution in [0, 0.1) is 5.92 Å². The topological polar surface area (TPSA) is 41.6 Å². The van der Waals surface area contributed by atoms with E-state index in [-0.39, 0.29) is 11.4 Å². The van der Waals surface area contributed by atoms with Gasteiger partial charge >= 0.3 is 0 Å². The molecule has 1 aliphatic carbocycles. The maximum atomic E-state index is 12.9. The molecule has 1 amide bonds. The molecule has 1 spiro atoms. The number of piperidine rings is 3. The van der Waals surface area contributed by atoms with E-state index in [9.17, 15) is 4.79 Å². The molecule has 126 valence electrons. The van der Waals surface area contributed by atoms with Crippen LogP contribution in [-0.4, -0.2) is 42.6 Å². The molecule has 4 aliphatic rings. The van der Waals surface area contributed by atoms with E-state index in [4.69, 9.17) is 4.74 Å². The minimum absolute atomic E-state index is 0.0974. The SMILES string of the molecule is COc1ccc2sc(C(=O)N[C@H]3C4CCN(CC4)C34CC4)cc2c1. The zero-order valence-electron chi connectivity index (χ0n) is 13.9. The van der Waals surface area contributed by atoms with Gasteiger partial charge in [0.1, 0.15) is 5.75 Å². The number of hydrogen-bond acceptors (Lipinski definition) is 4. The highest BCUT2D eigenvalue weighted by molar-refractivity contribution is 7.20. The number of fused-ring (bicyclic) bond motifs is 3. The Hall–Kier alpha value is -1.59. The number of methoxy groups -OCH3 is 1. The van der Waals surface area contributed by atoms with Gasteiger partial charge in [0.05, 0.1) is 18.0 Å². The molecule has 2 aromatic rings. The van der Waals surface area contributed by atoms with Gasteiger partial charge in [0.25, 0.3) is 5.91 Å². The first-order chi connectivity index (χ1) is 11.7. The number of benzene rings is 1. The van der Waals surface area contributed by atoms with Crippen LogP contribution in [0.4, 0.5) is 0 Å². The fourth-order valence-corrected chi connectivity index (χ4v) is 5.74. The first-order valence-electron chi connectivity index (χ1n) is 8.83. The summed E-state index contributed by atoms with van der Waals surface area (Å²) >= 11 is 1.57. The monoisotopic (exact) mass is 342 g/mol. The minimum Gasteiger partial charge on any atom is -0.497 e. The molecule has 1 N–H and O–H groups in total. The number of amides is 1. The molecule has 4 nitrogen and oxygen atoms in total. The molecule has 1 aromatic heterocycles.